The minimum absolute atomic E-state index is 0.257. The highest BCUT2D eigenvalue weighted by Crippen LogP contribution is 2.15. The molecular formula is C15H11FN2O. The van der Waals surface area contributed by atoms with E-state index in [0.29, 0.717) is 12.0 Å². The molecule has 1 aromatic carbocycles. The molecule has 0 unspecified atom stereocenters. The van der Waals surface area contributed by atoms with Crippen LogP contribution in [0.15, 0.2) is 48.8 Å². The number of fused-ring (bicyclic) bond motifs is 1. The number of halogens is 1. The number of carbonyl (C=O) groups excluding carboxylic acids is 1. The summed E-state index contributed by atoms with van der Waals surface area (Å²) in [7, 11) is 0. The summed E-state index contributed by atoms with van der Waals surface area (Å²) in [5.74, 6) is 0.524. The fourth-order valence-electron chi connectivity index (χ4n) is 2.16. The molecule has 0 spiro atoms. The molecule has 94 valence electrons. The van der Waals surface area contributed by atoms with Crippen molar-refractivity contribution in [1.82, 2.24) is 9.38 Å². The van der Waals surface area contributed by atoms with Crippen LogP contribution in [0.5, 0.6) is 0 Å². The number of aromatic nitrogens is 2. The Hall–Kier alpha value is -2.49. The molecule has 0 fully saturated rings. The largest absolute Gasteiger partial charge is 0.303 e. The van der Waals surface area contributed by atoms with Crippen molar-refractivity contribution in [3.8, 4) is 0 Å². The molecule has 0 atom stereocenters. The predicted octanol–water partition coefficient (Wildman–Crippen LogP) is 2.88. The summed E-state index contributed by atoms with van der Waals surface area (Å²) in [6.07, 6.45) is 4.85. The lowest BCUT2D eigenvalue weighted by atomic mass is 10.1. The van der Waals surface area contributed by atoms with Crippen molar-refractivity contribution in [2.45, 2.75) is 6.42 Å². The summed E-state index contributed by atoms with van der Waals surface area (Å²) < 4.78 is 15.0. The molecule has 0 bridgehead atoms. The standard InChI is InChI=1S/C15H11FN2O/c16-13-5-1-3-11(7-13)8-15-17-9-14-12(10-19)4-2-6-18(14)15/h1-7,9-10H,8H2. The van der Waals surface area contributed by atoms with Crippen molar-refractivity contribution >= 4 is 11.8 Å². The van der Waals surface area contributed by atoms with Gasteiger partial charge in [0.25, 0.3) is 0 Å². The second-order valence-corrected chi connectivity index (χ2v) is 4.32. The highest BCUT2D eigenvalue weighted by molar-refractivity contribution is 5.85. The minimum atomic E-state index is -0.257. The Morgan fingerprint density at radius 1 is 1.26 bits per heavy atom. The van der Waals surface area contributed by atoms with Crippen LogP contribution in [0.1, 0.15) is 21.7 Å². The smallest absolute Gasteiger partial charge is 0.152 e. The third-order valence-corrected chi connectivity index (χ3v) is 3.06. The predicted molar refractivity (Wildman–Crippen MR) is 69.8 cm³/mol. The van der Waals surface area contributed by atoms with Gasteiger partial charge in [0.15, 0.2) is 6.29 Å². The Kier molecular flexibility index (Phi) is 2.83. The van der Waals surface area contributed by atoms with Crippen molar-refractivity contribution < 1.29 is 9.18 Å². The highest BCUT2D eigenvalue weighted by atomic mass is 19.1. The lowest BCUT2D eigenvalue weighted by Crippen LogP contribution is -1.97. The Morgan fingerprint density at radius 3 is 2.95 bits per heavy atom. The van der Waals surface area contributed by atoms with Crippen LogP contribution in [0.3, 0.4) is 0 Å². The first-order valence-corrected chi connectivity index (χ1v) is 5.92. The molecule has 4 heteroatoms. The zero-order valence-electron chi connectivity index (χ0n) is 10.1. The van der Waals surface area contributed by atoms with Gasteiger partial charge in [-0.2, -0.15) is 0 Å². The van der Waals surface area contributed by atoms with Gasteiger partial charge in [0.1, 0.15) is 11.6 Å². The van der Waals surface area contributed by atoms with Gasteiger partial charge in [-0.15, -0.1) is 0 Å². The lowest BCUT2D eigenvalue weighted by Gasteiger charge is -2.03. The van der Waals surface area contributed by atoms with Gasteiger partial charge < -0.3 is 4.40 Å². The van der Waals surface area contributed by atoms with E-state index in [1.54, 1.807) is 24.4 Å². The minimum Gasteiger partial charge on any atom is -0.303 e. The van der Waals surface area contributed by atoms with E-state index in [4.69, 9.17) is 0 Å². The van der Waals surface area contributed by atoms with E-state index in [9.17, 15) is 9.18 Å². The third kappa shape index (κ3) is 2.12. The molecule has 0 aliphatic rings. The fourth-order valence-corrected chi connectivity index (χ4v) is 2.16. The average Bonchev–Trinajstić information content (AvgIpc) is 2.82. The van der Waals surface area contributed by atoms with Crippen LogP contribution in [0.2, 0.25) is 0 Å². The summed E-state index contributed by atoms with van der Waals surface area (Å²) in [5, 5.41) is 0. The molecule has 0 amide bonds. The zero-order valence-corrected chi connectivity index (χ0v) is 10.1. The molecule has 0 saturated carbocycles. The van der Waals surface area contributed by atoms with Gasteiger partial charge in [-0.1, -0.05) is 12.1 Å². The maximum absolute atomic E-state index is 13.2. The zero-order chi connectivity index (χ0) is 13.2. The first kappa shape index (κ1) is 11.6. The molecule has 3 rings (SSSR count). The normalized spacial score (nSPS) is 10.8. The Labute approximate surface area is 109 Å². The van der Waals surface area contributed by atoms with E-state index < -0.39 is 0 Å². The molecule has 0 aliphatic heterocycles. The Balaban J connectivity index is 2.04. The van der Waals surface area contributed by atoms with Gasteiger partial charge >= 0.3 is 0 Å². The molecular weight excluding hydrogens is 243 g/mol. The average molecular weight is 254 g/mol. The molecule has 2 aromatic heterocycles. The van der Waals surface area contributed by atoms with Gasteiger partial charge in [0, 0.05) is 18.2 Å². The number of hydrogen-bond acceptors (Lipinski definition) is 2. The summed E-state index contributed by atoms with van der Waals surface area (Å²) in [4.78, 5) is 15.3. The third-order valence-electron chi connectivity index (χ3n) is 3.06. The van der Waals surface area contributed by atoms with Crippen LogP contribution in [-0.2, 0) is 6.42 Å². The van der Waals surface area contributed by atoms with E-state index in [1.165, 1.54) is 12.1 Å². The van der Waals surface area contributed by atoms with Crippen LogP contribution >= 0.6 is 0 Å². The molecule has 0 N–H and O–H groups in total. The number of benzene rings is 1. The molecule has 0 aliphatic carbocycles. The van der Waals surface area contributed by atoms with E-state index in [2.05, 4.69) is 4.98 Å². The number of pyridine rings is 1. The van der Waals surface area contributed by atoms with Crippen molar-refractivity contribution in [2.75, 3.05) is 0 Å². The van der Waals surface area contributed by atoms with Gasteiger partial charge in [0.05, 0.1) is 11.7 Å². The van der Waals surface area contributed by atoms with Crippen LogP contribution < -0.4 is 0 Å². The number of nitrogens with zero attached hydrogens (tertiary/aromatic N) is 2. The van der Waals surface area contributed by atoms with E-state index in [1.807, 2.05) is 16.7 Å². The number of carbonyl (C=O) groups is 1. The van der Waals surface area contributed by atoms with Crippen molar-refractivity contribution in [3.05, 3.63) is 71.6 Å². The quantitative estimate of drug-likeness (QED) is 0.673. The summed E-state index contributed by atoms with van der Waals surface area (Å²) in [6.45, 7) is 0. The van der Waals surface area contributed by atoms with Crippen molar-refractivity contribution in [2.24, 2.45) is 0 Å². The highest BCUT2D eigenvalue weighted by Gasteiger charge is 2.07. The van der Waals surface area contributed by atoms with Crippen LogP contribution in [0.25, 0.3) is 5.52 Å². The fraction of sp³-hybridized carbons (Fsp3) is 0.0667. The van der Waals surface area contributed by atoms with Crippen molar-refractivity contribution in [3.63, 3.8) is 0 Å². The molecule has 2 heterocycles. The molecule has 0 saturated heterocycles. The lowest BCUT2D eigenvalue weighted by molar-refractivity contribution is 0.112. The Bertz CT molecular complexity index is 749. The van der Waals surface area contributed by atoms with Crippen LogP contribution in [0.4, 0.5) is 4.39 Å². The van der Waals surface area contributed by atoms with E-state index in [0.717, 1.165) is 23.2 Å². The topological polar surface area (TPSA) is 34.4 Å². The van der Waals surface area contributed by atoms with Gasteiger partial charge in [-0.25, -0.2) is 9.37 Å². The number of aldehydes is 1. The first-order chi connectivity index (χ1) is 9.28. The Morgan fingerprint density at radius 2 is 2.16 bits per heavy atom. The SMILES string of the molecule is O=Cc1cccn2c(Cc3cccc(F)c3)ncc12. The monoisotopic (exact) mass is 254 g/mol. The van der Waals surface area contributed by atoms with E-state index in [-0.39, 0.29) is 5.82 Å². The second-order valence-electron chi connectivity index (χ2n) is 4.32. The summed E-state index contributed by atoms with van der Waals surface area (Å²) >= 11 is 0. The van der Waals surface area contributed by atoms with Crippen LogP contribution in [-0.4, -0.2) is 15.7 Å². The molecule has 19 heavy (non-hydrogen) atoms. The molecule has 0 radical (unpaired) electrons. The number of hydrogen-bond donors (Lipinski definition) is 0. The van der Waals surface area contributed by atoms with E-state index >= 15 is 0 Å². The molecule has 3 nitrogen and oxygen atoms in total. The van der Waals surface area contributed by atoms with Crippen molar-refractivity contribution in [1.29, 1.82) is 0 Å². The number of rotatable bonds is 3. The maximum atomic E-state index is 13.2. The number of imidazole rings is 1. The maximum Gasteiger partial charge on any atom is 0.152 e. The second kappa shape index (κ2) is 4.65. The van der Waals surface area contributed by atoms with Crippen LogP contribution in [0, 0.1) is 5.82 Å². The summed E-state index contributed by atoms with van der Waals surface area (Å²) in [5.41, 5.74) is 2.22. The summed E-state index contributed by atoms with van der Waals surface area (Å²) in [6, 6.07) is 9.98. The molecule has 3 aromatic rings. The van der Waals surface area contributed by atoms with Gasteiger partial charge in [-0.3, -0.25) is 4.79 Å². The van der Waals surface area contributed by atoms with Gasteiger partial charge in [-0.05, 0) is 29.8 Å². The van der Waals surface area contributed by atoms with Gasteiger partial charge in [0.2, 0.25) is 0 Å². The first-order valence-electron chi connectivity index (χ1n) is 5.92.